The van der Waals surface area contributed by atoms with Crippen LogP contribution in [0.5, 0.6) is 0 Å². The molecule has 76 valence electrons. The minimum atomic E-state index is -0.561. The minimum absolute atomic E-state index is 0.157. The van der Waals surface area contributed by atoms with Gasteiger partial charge in [0.25, 0.3) is 0 Å². The molecule has 1 unspecified atom stereocenters. The first-order valence-corrected chi connectivity index (χ1v) is 5.20. The summed E-state index contributed by atoms with van der Waals surface area (Å²) in [6, 6.07) is 3.18. The van der Waals surface area contributed by atoms with Crippen molar-refractivity contribution < 1.29 is 4.79 Å². The zero-order valence-corrected chi connectivity index (χ0v) is 8.93. The second-order valence-corrected chi connectivity index (χ2v) is 4.15. The normalized spacial score (nSPS) is 12.1. The van der Waals surface area contributed by atoms with Gasteiger partial charge in [-0.3, -0.25) is 4.79 Å². The van der Waals surface area contributed by atoms with Gasteiger partial charge in [-0.05, 0) is 18.4 Å². The van der Waals surface area contributed by atoms with Crippen LogP contribution in [0.3, 0.4) is 0 Å². The summed E-state index contributed by atoms with van der Waals surface area (Å²) in [6.07, 6.45) is 0. The van der Waals surface area contributed by atoms with Gasteiger partial charge in [-0.1, -0.05) is 18.2 Å². The molecule has 0 aromatic carbocycles. The van der Waals surface area contributed by atoms with E-state index in [1.807, 2.05) is 24.4 Å². The van der Waals surface area contributed by atoms with Crippen LogP contribution in [0.15, 0.2) is 29.7 Å². The Morgan fingerprint density at radius 1 is 1.79 bits per heavy atom. The molecule has 1 amide bonds. The van der Waals surface area contributed by atoms with E-state index in [-0.39, 0.29) is 5.91 Å². The first-order valence-electron chi connectivity index (χ1n) is 4.32. The number of carbonyl (C=O) groups is 1. The maximum absolute atomic E-state index is 11.5. The number of amides is 1. The average molecular weight is 210 g/mol. The molecule has 1 heterocycles. The molecule has 0 aliphatic carbocycles. The van der Waals surface area contributed by atoms with Crippen molar-refractivity contribution in [3.63, 3.8) is 0 Å². The van der Waals surface area contributed by atoms with Crippen molar-refractivity contribution in [3.05, 3.63) is 34.5 Å². The second-order valence-electron chi connectivity index (χ2n) is 3.17. The van der Waals surface area contributed by atoms with Gasteiger partial charge in [-0.25, -0.2) is 0 Å². The molecule has 1 rings (SSSR count). The standard InChI is InChI=1S/C10H14N2OS/c1-7(2)6-12-10(13)9(11)8-4-3-5-14-8/h3-5,9H,1,6,11H2,2H3,(H,12,13). The van der Waals surface area contributed by atoms with Crippen molar-refractivity contribution in [3.8, 4) is 0 Å². The Morgan fingerprint density at radius 2 is 2.50 bits per heavy atom. The highest BCUT2D eigenvalue weighted by molar-refractivity contribution is 7.10. The lowest BCUT2D eigenvalue weighted by Gasteiger charge is -2.10. The minimum Gasteiger partial charge on any atom is -0.351 e. The molecular formula is C10H14N2OS. The van der Waals surface area contributed by atoms with Crippen molar-refractivity contribution in [2.45, 2.75) is 13.0 Å². The molecular weight excluding hydrogens is 196 g/mol. The van der Waals surface area contributed by atoms with E-state index in [1.54, 1.807) is 0 Å². The number of nitrogens with one attached hydrogen (secondary N) is 1. The molecule has 4 heteroatoms. The molecule has 0 saturated heterocycles. The third-order valence-corrected chi connectivity index (χ3v) is 2.65. The van der Waals surface area contributed by atoms with Gasteiger partial charge < -0.3 is 11.1 Å². The highest BCUT2D eigenvalue weighted by Crippen LogP contribution is 2.16. The lowest BCUT2D eigenvalue weighted by Crippen LogP contribution is -2.34. The van der Waals surface area contributed by atoms with Crippen LogP contribution >= 0.6 is 11.3 Å². The zero-order valence-electron chi connectivity index (χ0n) is 8.12. The molecule has 0 aliphatic rings. The van der Waals surface area contributed by atoms with Crippen molar-refractivity contribution in [1.82, 2.24) is 5.32 Å². The van der Waals surface area contributed by atoms with E-state index in [0.29, 0.717) is 6.54 Å². The van der Waals surface area contributed by atoms with Gasteiger partial charge in [0.2, 0.25) is 5.91 Å². The fourth-order valence-corrected chi connectivity index (χ4v) is 1.67. The van der Waals surface area contributed by atoms with Gasteiger partial charge in [0.1, 0.15) is 6.04 Å². The Hall–Kier alpha value is -1.13. The number of carbonyl (C=O) groups excluding carboxylic acids is 1. The smallest absolute Gasteiger partial charge is 0.242 e. The van der Waals surface area contributed by atoms with E-state index < -0.39 is 6.04 Å². The summed E-state index contributed by atoms with van der Waals surface area (Å²) in [4.78, 5) is 12.4. The van der Waals surface area contributed by atoms with Gasteiger partial charge in [-0.2, -0.15) is 0 Å². The molecule has 0 radical (unpaired) electrons. The second kappa shape index (κ2) is 4.93. The molecule has 0 bridgehead atoms. The fourth-order valence-electron chi connectivity index (χ4n) is 0.945. The Labute approximate surface area is 87.6 Å². The zero-order chi connectivity index (χ0) is 10.6. The van der Waals surface area contributed by atoms with Crippen LogP contribution in [0.1, 0.15) is 17.8 Å². The van der Waals surface area contributed by atoms with Crippen LogP contribution < -0.4 is 11.1 Å². The molecule has 14 heavy (non-hydrogen) atoms. The fraction of sp³-hybridized carbons (Fsp3) is 0.300. The van der Waals surface area contributed by atoms with Crippen LogP contribution in [0.2, 0.25) is 0 Å². The van der Waals surface area contributed by atoms with Gasteiger partial charge in [-0.15, -0.1) is 11.3 Å². The van der Waals surface area contributed by atoms with Crippen LogP contribution in [0.25, 0.3) is 0 Å². The van der Waals surface area contributed by atoms with Crippen molar-refractivity contribution in [2.24, 2.45) is 5.73 Å². The van der Waals surface area contributed by atoms with E-state index in [4.69, 9.17) is 5.73 Å². The van der Waals surface area contributed by atoms with Gasteiger partial charge in [0.15, 0.2) is 0 Å². The van der Waals surface area contributed by atoms with Crippen molar-refractivity contribution >= 4 is 17.2 Å². The van der Waals surface area contributed by atoms with Crippen LogP contribution in [-0.2, 0) is 4.79 Å². The number of nitrogens with two attached hydrogens (primary N) is 1. The molecule has 0 saturated carbocycles. The third kappa shape index (κ3) is 2.97. The summed E-state index contributed by atoms with van der Waals surface area (Å²) in [5.74, 6) is -0.157. The topological polar surface area (TPSA) is 55.1 Å². The molecule has 0 spiro atoms. The Kier molecular flexibility index (Phi) is 3.85. The lowest BCUT2D eigenvalue weighted by atomic mass is 10.2. The van der Waals surface area contributed by atoms with E-state index in [0.717, 1.165) is 10.5 Å². The maximum atomic E-state index is 11.5. The average Bonchev–Trinajstić information content (AvgIpc) is 2.65. The van der Waals surface area contributed by atoms with Crippen molar-refractivity contribution in [2.75, 3.05) is 6.54 Å². The summed E-state index contributed by atoms with van der Waals surface area (Å²) in [5.41, 5.74) is 6.65. The lowest BCUT2D eigenvalue weighted by molar-refractivity contribution is -0.122. The SMILES string of the molecule is C=C(C)CNC(=O)C(N)c1cccs1. The summed E-state index contributed by atoms with van der Waals surface area (Å²) < 4.78 is 0. The maximum Gasteiger partial charge on any atom is 0.242 e. The highest BCUT2D eigenvalue weighted by atomic mass is 32.1. The van der Waals surface area contributed by atoms with Gasteiger partial charge in [0.05, 0.1) is 0 Å². The van der Waals surface area contributed by atoms with Crippen LogP contribution in [-0.4, -0.2) is 12.5 Å². The number of hydrogen-bond donors (Lipinski definition) is 2. The highest BCUT2D eigenvalue weighted by Gasteiger charge is 2.15. The van der Waals surface area contributed by atoms with Gasteiger partial charge in [0, 0.05) is 11.4 Å². The van der Waals surface area contributed by atoms with Gasteiger partial charge >= 0.3 is 0 Å². The number of hydrogen-bond acceptors (Lipinski definition) is 3. The molecule has 1 aromatic rings. The van der Waals surface area contributed by atoms with E-state index in [9.17, 15) is 4.79 Å². The first kappa shape index (κ1) is 10.9. The number of thiophene rings is 1. The summed E-state index contributed by atoms with van der Waals surface area (Å²) >= 11 is 1.49. The van der Waals surface area contributed by atoms with Crippen molar-refractivity contribution in [1.29, 1.82) is 0 Å². The largest absolute Gasteiger partial charge is 0.351 e. The molecule has 1 aromatic heterocycles. The van der Waals surface area contributed by atoms with E-state index in [2.05, 4.69) is 11.9 Å². The molecule has 3 N–H and O–H groups in total. The molecule has 0 fully saturated rings. The molecule has 3 nitrogen and oxygen atoms in total. The summed E-state index contributed by atoms with van der Waals surface area (Å²) in [7, 11) is 0. The quantitative estimate of drug-likeness (QED) is 0.739. The monoisotopic (exact) mass is 210 g/mol. The molecule has 1 atom stereocenters. The van der Waals surface area contributed by atoms with E-state index >= 15 is 0 Å². The number of rotatable bonds is 4. The van der Waals surface area contributed by atoms with E-state index in [1.165, 1.54) is 11.3 Å². The third-order valence-electron chi connectivity index (χ3n) is 1.70. The Morgan fingerprint density at radius 3 is 3.00 bits per heavy atom. The predicted octanol–water partition coefficient (Wildman–Crippen LogP) is 1.44. The van der Waals surface area contributed by atoms with Crippen LogP contribution in [0, 0.1) is 0 Å². The summed E-state index contributed by atoms with van der Waals surface area (Å²) in [5, 5.41) is 4.62. The molecule has 0 aliphatic heterocycles. The predicted molar refractivity (Wildman–Crippen MR) is 59.1 cm³/mol. The summed E-state index contributed by atoms with van der Waals surface area (Å²) in [6.45, 7) is 6.04. The van der Waals surface area contributed by atoms with Crippen LogP contribution in [0.4, 0.5) is 0 Å². The Bertz CT molecular complexity index is 319. The first-order chi connectivity index (χ1) is 6.61. The Balaban J connectivity index is 2.49.